The van der Waals surface area contributed by atoms with Crippen LogP contribution < -0.4 is 4.74 Å². The minimum Gasteiger partial charge on any atom is -0.429 e. The molecule has 0 N–H and O–H groups in total. The van der Waals surface area contributed by atoms with Gasteiger partial charge < -0.3 is 4.74 Å². The van der Waals surface area contributed by atoms with Crippen molar-refractivity contribution >= 4 is 5.57 Å². The number of hydrogen-bond acceptors (Lipinski definition) is 1. The Bertz CT molecular complexity index is 978. The molecule has 0 fully saturated rings. The van der Waals surface area contributed by atoms with Gasteiger partial charge >= 0.3 is 6.11 Å². The largest absolute Gasteiger partial charge is 0.432 e. The summed E-state index contributed by atoms with van der Waals surface area (Å²) in [6.07, 6.45) is -1.15. The van der Waals surface area contributed by atoms with E-state index in [0.717, 1.165) is 18.2 Å². The van der Waals surface area contributed by atoms with E-state index in [-0.39, 0.29) is 24.1 Å². The maximum Gasteiger partial charge on any atom is 0.432 e. The predicted octanol–water partition coefficient (Wildman–Crippen LogP) is 7.34. The molecule has 0 bridgehead atoms. The van der Waals surface area contributed by atoms with Crippen LogP contribution in [0.4, 0.5) is 35.1 Å². The second-order valence-corrected chi connectivity index (χ2v) is 5.91. The molecule has 0 amide bonds. The van der Waals surface area contributed by atoms with Crippen LogP contribution in [0.1, 0.15) is 24.5 Å². The number of rotatable bonds is 7. The first-order valence-electron chi connectivity index (χ1n) is 8.41. The number of allylic oxidation sites excluding steroid dienone is 5. The summed E-state index contributed by atoms with van der Waals surface area (Å²) in [5, 5.41) is 0. The van der Waals surface area contributed by atoms with Crippen LogP contribution in [0, 0.1) is 29.1 Å². The highest BCUT2D eigenvalue weighted by molar-refractivity contribution is 5.78. The van der Waals surface area contributed by atoms with E-state index in [0.29, 0.717) is 12.1 Å². The lowest BCUT2D eigenvalue weighted by molar-refractivity contribution is -0.189. The number of benzene rings is 2. The Morgan fingerprint density at radius 1 is 0.967 bits per heavy atom. The number of hydrogen-bond donors (Lipinski definition) is 0. The molecular formula is C21H14F8O. The summed E-state index contributed by atoms with van der Waals surface area (Å²) in [5.41, 5.74) is -2.58. The highest BCUT2D eigenvalue weighted by Gasteiger charge is 2.41. The molecule has 0 aliphatic rings. The molecule has 0 aromatic heterocycles. The molecule has 2 aromatic rings. The van der Waals surface area contributed by atoms with Crippen LogP contribution in [-0.4, -0.2) is 0 Å². The molecule has 0 unspecified atom stereocenters. The fraction of sp³-hybridized carbons (Fsp3) is 0.143. The molecule has 30 heavy (non-hydrogen) atoms. The fourth-order valence-electron chi connectivity index (χ4n) is 2.52. The van der Waals surface area contributed by atoms with Crippen molar-refractivity contribution in [1.29, 1.82) is 0 Å². The minimum atomic E-state index is -4.73. The lowest BCUT2D eigenvalue weighted by Gasteiger charge is -2.20. The molecule has 2 rings (SSSR count). The van der Waals surface area contributed by atoms with Crippen molar-refractivity contribution in [2.24, 2.45) is 0 Å². The van der Waals surface area contributed by atoms with Crippen molar-refractivity contribution in [2.45, 2.75) is 19.5 Å². The first-order chi connectivity index (χ1) is 14.0. The molecule has 0 aliphatic carbocycles. The van der Waals surface area contributed by atoms with Crippen LogP contribution in [0.3, 0.4) is 0 Å². The van der Waals surface area contributed by atoms with Gasteiger partial charge in [-0.1, -0.05) is 25.7 Å². The van der Waals surface area contributed by atoms with Gasteiger partial charge in [0.05, 0.1) is 0 Å². The zero-order valence-electron chi connectivity index (χ0n) is 15.4. The van der Waals surface area contributed by atoms with Gasteiger partial charge in [-0.3, -0.25) is 0 Å². The topological polar surface area (TPSA) is 9.23 Å². The van der Waals surface area contributed by atoms with Crippen molar-refractivity contribution in [1.82, 2.24) is 0 Å². The fourth-order valence-corrected chi connectivity index (χ4v) is 2.52. The quantitative estimate of drug-likeness (QED) is 0.252. The van der Waals surface area contributed by atoms with Crippen LogP contribution in [0.25, 0.3) is 5.57 Å². The highest BCUT2D eigenvalue weighted by atomic mass is 19.3. The van der Waals surface area contributed by atoms with Crippen LogP contribution in [0.2, 0.25) is 0 Å². The Labute approximate surface area is 166 Å². The SMILES string of the molecule is C=C/C=C(\C(F)=C/CC)c1cc(F)c(C(F)(F)Oc2cc(F)c(F)c(F)c2)c(F)c1. The Hall–Kier alpha value is -3.10. The summed E-state index contributed by atoms with van der Waals surface area (Å²) < 4.78 is 115. The van der Waals surface area contributed by atoms with Gasteiger partial charge in [0.15, 0.2) is 17.5 Å². The van der Waals surface area contributed by atoms with E-state index in [1.807, 2.05) is 0 Å². The van der Waals surface area contributed by atoms with Crippen LogP contribution in [0.5, 0.6) is 5.75 Å². The Morgan fingerprint density at radius 3 is 1.97 bits per heavy atom. The summed E-state index contributed by atoms with van der Waals surface area (Å²) in [7, 11) is 0. The monoisotopic (exact) mass is 434 g/mol. The Morgan fingerprint density at radius 2 is 1.50 bits per heavy atom. The molecule has 0 saturated heterocycles. The number of ether oxygens (including phenoxy) is 1. The van der Waals surface area contributed by atoms with E-state index in [2.05, 4.69) is 11.3 Å². The van der Waals surface area contributed by atoms with Crippen LogP contribution >= 0.6 is 0 Å². The highest BCUT2D eigenvalue weighted by Crippen LogP contribution is 2.37. The molecular weight excluding hydrogens is 420 g/mol. The van der Waals surface area contributed by atoms with E-state index in [4.69, 9.17) is 0 Å². The van der Waals surface area contributed by atoms with Gasteiger partial charge in [0, 0.05) is 17.7 Å². The molecule has 0 aliphatic heterocycles. The van der Waals surface area contributed by atoms with Gasteiger partial charge in [-0.25, -0.2) is 26.3 Å². The van der Waals surface area contributed by atoms with E-state index in [1.54, 1.807) is 6.92 Å². The maximum atomic E-state index is 14.4. The van der Waals surface area contributed by atoms with E-state index >= 15 is 0 Å². The van der Waals surface area contributed by atoms with Gasteiger partial charge in [0.2, 0.25) is 0 Å². The Kier molecular flexibility index (Phi) is 7.07. The summed E-state index contributed by atoms with van der Waals surface area (Å²) in [6, 6.07) is 1.07. The molecule has 0 heterocycles. The molecule has 0 spiro atoms. The third-order valence-electron chi connectivity index (χ3n) is 3.77. The molecule has 1 nitrogen and oxygen atoms in total. The van der Waals surface area contributed by atoms with Crippen LogP contribution in [-0.2, 0) is 6.11 Å². The summed E-state index contributed by atoms with van der Waals surface area (Å²) in [5.74, 6) is -11.3. The molecule has 9 heteroatoms. The summed E-state index contributed by atoms with van der Waals surface area (Å²) in [4.78, 5) is 0. The second kappa shape index (κ2) is 9.15. The van der Waals surface area contributed by atoms with Gasteiger partial charge in [-0.05, 0) is 30.2 Å². The van der Waals surface area contributed by atoms with E-state index in [9.17, 15) is 35.1 Å². The van der Waals surface area contributed by atoms with Crippen LogP contribution in [0.15, 0.2) is 54.9 Å². The average molecular weight is 434 g/mol. The van der Waals surface area contributed by atoms with Crippen molar-refractivity contribution in [2.75, 3.05) is 0 Å². The smallest absolute Gasteiger partial charge is 0.429 e. The summed E-state index contributed by atoms with van der Waals surface area (Å²) >= 11 is 0. The van der Waals surface area contributed by atoms with Gasteiger partial charge in [0.25, 0.3) is 0 Å². The molecule has 0 saturated carbocycles. The average Bonchev–Trinajstić information content (AvgIpc) is 2.62. The lowest BCUT2D eigenvalue weighted by atomic mass is 10.0. The first kappa shape index (κ1) is 23.2. The van der Waals surface area contributed by atoms with Crippen molar-refractivity contribution in [3.63, 3.8) is 0 Å². The zero-order valence-corrected chi connectivity index (χ0v) is 15.4. The third kappa shape index (κ3) is 4.90. The standard InChI is InChI=1S/C21H14F8O/c1-3-5-13(14(22)6-4-2)11-7-15(23)19(16(24)8-11)21(28,29)30-12-9-17(25)20(27)18(26)10-12/h3,5-10H,1,4H2,2H3/b13-5-,14-6+. The number of alkyl halides is 2. The van der Waals surface area contributed by atoms with E-state index in [1.165, 1.54) is 0 Å². The van der Waals surface area contributed by atoms with Crippen molar-refractivity contribution < 1.29 is 39.9 Å². The van der Waals surface area contributed by atoms with Gasteiger partial charge in [-0.15, -0.1) is 0 Å². The first-order valence-corrected chi connectivity index (χ1v) is 8.41. The third-order valence-corrected chi connectivity index (χ3v) is 3.77. The van der Waals surface area contributed by atoms with E-state index < -0.39 is 57.9 Å². The molecule has 160 valence electrons. The Balaban J connectivity index is 2.51. The maximum absolute atomic E-state index is 14.4. The zero-order chi connectivity index (χ0) is 22.6. The van der Waals surface area contributed by atoms with Gasteiger partial charge in [0.1, 0.15) is 28.8 Å². The lowest BCUT2D eigenvalue weighted by Crippen LogP contribution is -2.25. The molecule has 2 aromatic carbocycles. The molecule has 0 atom stereocenters. The second-order valence-electron chi connectivity index (χ2n) is 5.91. The summed E-state index contributed by atoms with van der Waals surface area (Å²) in [6.45, 7) is 4.96. The minimum absolute atomic E-state index is 0.0896. The molecule has 0 radical (unpaired) electrons. The van der Waals surface area contributed by atoms with Gasteiger partial charge in [-0.2, -0.15) is 8.78 Å². The van der Waals surface area contributed by atoms with Crippen molar-refractivity contribution in [3.8, 4) is 5.75 Å². The van der Waals surface area contributed by atoms with Crippen molar-refractivity contribution in [3.05, 3.63) is 95.1 Å². The predicted molar refractivity (Wildman–Crippen MR) is 94.9 cm³/mol. The number of halogens is 8. The normalized spacial score (nSPS) is 12.8.